The lowest BCUT2D eigenvalue weighted by atomic mass is 9.98. The van der Waals surface area contributed by atoms with E-state index in [9.17, 15) is 9.18 Å². The van der Waals surface area contributed by atoms with Crippen LogP contribution < -0.4 is 5.32 Å². The third kappa shape index (κ3) is 4.08. The maximum absolute atomic E-state index is 13.1. The number of hydrogen-bond donors (Lipinski definition) is 2. The van der Waals surface area contributed by atoms with Gasteiger partial charge in [0, 0.05) is 29.7 Å². The highest BCUT2D eigenvalue weighted by molar-refractivity contribution is 5.91. The molecule has 7 heteroatoms. The molecule has 1 atom stereocenters. The van der Waals surface area contributed by atoms with E-state index in [0.717, 1.165) is 22.4 Å². The van der Waals surface area contributed by atoms with Gasteiger partial charge in [0.05, 0.1) is 17.6 Å². The summed E-state index contributed by atoms with van der Waals surface area (Å²) in [5, 5.41) is 13.8. The van der Waals surface area contributed by atoms with E-state index in [1.165, 1.54) is 12.1 Å². The molecule has 0 saturated heterocycles. The minimum absolute atomic E-state index is 0.0143. The fourth-order valence-electron chi connectivity index (χ4n) is 3.09. The first-order valence-electron chi connectivity index (χ1n) is 9.20. The van der Waals surface area contributed by atoms with Gasteiger partial charge in [-0.3, -0.25) is 9.89 Å². The van der Waals surface area contributed by atoms with Crippen LogP contribution in [0.4, 0.5) is 4.39 Å². The summed E-state index contributed by atoms with van der Waals surface area (Å²) in [6.45, 7) is 2.25. The Morgan fingerprint density at radius 3 is 2.69 bits per heavy atom. The molecule has 29 heavy (non-hydrogen) atoms. The van der Waals surface area contributed by atoms with Gasteiger partial charge in [0.15, 0.2) is 0 Å². The van der Waals surface area contributed by atoms with Gasteiger partial charge < -0.3 is 9.84 Å². The number of rotatable bonds is 6. The van der Waals surface area contributed by atoms with Crippen molar-refractivity contribution in [2.45, 2.75) is 19.4 Å². The van der Waals surface area contributed by atoms with Crippen molar-refractivity contribution in [1.82, 2.24) is 20.7 Å². The molecular formula is C22H19FN4O2. The maximum atomic E-state index is 13.1. The molecule has 0 unspecified atom stereocenters. The Balaban J connectivity index is 1.43. The Hall–Kier alpha value is -3.74. The Morgan fingerprint density at radius 1 is 1.17 bits per heavy atom. The first-order valence-corrected chi connectivity index (χ1v) is 9.20. The molecule has 0 aliphatic carbocycles. The number of carbonyl (C=O) groups is 1. The lowest BCUT2D eigenvalue weighted by Crippen LogP contribution is -2.22. The summed E-state index contributed by atoms with van der Waals surface area (Å²) in [6, 6.07) is 17.6. The largest absolute Gasteiger partial charge is 0.351 e. The van der Waals surface area contributed by atoms with E-state index in [1.54, 1.807) is 24.4 Å². The van der Waals surface area contributed by atoms with E-state index < -0.39 is 0 Å². The Kier molecular flexibility index (Phi) is 5.20. The number of nitrogens with one attached hydrogen (secondary N) is 2. The lowest BCUT2D eigenvalue weighted by Gasteiger charge is -2.07. The van der Waals surface area contributed by atoms with Crippen molar-refractivity contribution in [3.63, 3.8) is 0 Å². The Bertz CT molecular complexity index is 1100. The second-order valence-electron chi connectivity index (χ2n) is 6.71. The van der Waals surface area contributed by atoms with Gasteiger partial charge in [-0.05, 0) is 29.8 Å². The number of H-pyrrole nitrogens is 1. The second-order valence-corrected chi connectivity index (χ2v) is 6.71. The van der Waals surface area contributed by atoms with Gasteiger partial charge in [0.2, 0.25) is 5.76 Å². The number of nitrogens with zero attached hydrogens (tertiary/aromatic N) is 2. The predicted molar refractivity (Wildman–Crippen MR) is 106 cm³/mol. The first kappa shape index (κ1) is 18.6. The number of hydrogen-bond acceptors (Lipinski definition) is 4. The van der Waals surface area contributed by atoms with E-state index in [4.69, 9.17) is 4.52 Å². The van der Waals surface area contributed by atoms with Crippen LogP contribution in [0.2, 0.25) is 0 Å². The number of halogens is 1. The predicted octanol–water partition coefficient (Wildman–Crippen LogP) is 4.29. The highest BCUT2D eigenvalue weighted by Crippen LogP contribution is 2.24. The summed E-state index contributed by atoms with van der Waals surface area (Å²) < 4.78 is 18.4. The molecule has 4 rings (SSSR count). The molecule has 0 spiro atoms. The summed E-state index contributed by atoms with van der Waals surface area (Å²) in [4.78, 5) is 12.5. The standard InChI is InChI=1S/C22H19FN4O2/c1-14(15-5-3-2-4-6-15)19-11-20(29-27-19)22(28)24-12-17-13-25-26-21(17)16-7-9-18(23)10-8-16/h2-11,13-14H,12H2,1H3,(H,24,28)(H,25,26)/t14-/m1/s1. The topological polar surface area (TPSA) is 83.8 Å². The molecule has 2 N–H and O–H groups in total. The molecule has 0 aliphatic heterocycles. The molecule has 0 radical (unpaired) electrons. The zero-order valence-corrected chi connectivity index (χ0v) is 15.7. The summed E-state index contributed by atoms with van der Waals surface area (Å²) in [6.07, 6.45) is 1.63. The van der Waals surface area contributed by atoms with Crippen LogP contribution in [0.5, 0.6) is 0 Å². The molecular weight excluding hydrogens is 371 g/mol. The van der Waals surface area contributed by atoms with E-state index in [2.05, 4.69) is 20.7 Å². The van der Waals surface area contributed by atoms with Crippen molar-refractivity contribution in [2.75, 3.05) is 0 Å². The van der Waals surface area contributed by atoms with Crippen molar-refractivity contribution in [2.24, 2.45) is 0 Å². The summed E-state index contributed by atoms with van der Waals surface area (Å²) in [5.41, 5.74) is 4.07. The smallest absolute Gasteiger partial charge is 0.290 e. The molecule has 2 aromatic carbocycles. The SMILES string of the molecule is C[C@H](c1ccccc1)c1cc(C(=O)NCc2cn[nH]c2-c2ccc(F)cc2)on1. The minimum atomic E-state index is -0.365. The zero-order chi connectivity index (χ0) is 20.2. The quantitative estimate of drug-likeness (QED) is 0.515. The summed E-state index contributed by atoms with van der Waals surface area (Å²) in [7, 11) is 0. The molecule has 0 fully saturated rings. The van der Waals surface area contributed by atoms with Gasteiger partial charge in [-0.2, -0.15) is 5.10 Å². The highest BCUT2D eigenvalue weighted by atomic mass is 19.1. The lowest BCUT2D eigenvalue weighted by molar-refractivity contribution is 0.0914. The fraction of sp³-hybridized carbons (Fsp3) is 0.136. The third-order valence-electron chi connectivity index (χ3n) is 4.79. The van der Waals surface area contributed by atoms with Crippen LogP contribution in [0.3, 0.4) is 0 Å². The molecule has 0 bridgehead atoms. The highest BCUT2D eigenvalue weighted by Gasteiger charge is 2.18. The van der Waals surface area contributed by atoms with Crippen molar-refractivity contribution in [3.8, 4) is 11.3 Å². The van der Waals surface area contributed by atoms with Crippen molar-refractivity contribution in [1.29, 1.82) is 0 Å². The van der Waals surface area contributed by atoms with Gasteiger partial charge in [0.1, 0.15) is 5.82 Å². The molecule has 0 aliphatic rings. The Morgan fingerprint density at radius 2 is 1.93 bits per heavy atom. The number of aromatic nitrogens is 3. The summed E-state index contributed by atoms with van der Waals surface area (Å²) >= 11 is 0. The Labute approximate surface area is 166 Å². The van der Waals surface area contributed by atoms with Gasteiger partial charge in [-0.15, -0.1) is 0 Å². The number of carbonyl (C=O) groups excluding carboxylic acids is 1. The molecule has 0 saturated carbocycles. The van der Waals surface area contributed by atoms with E-state index in [-0.39, 0.29) is 29.9 Å². The fourth-order valence-corrected chi connectivity index (χ4v) is 3.09. The van der Waals surface area contributed by atoms with Crippen molar-refractivity contribution >= 4 is 5.91 Å². The van der Waals surface area contributed by atoms with Crippen LogP contribution in [-0.2, 0) is 6.54 Å². The molecule has 2 aromatic heterocycles. The normalized spacial score (nSPS) is 11.9. The number of aromatic amines is 1. The van der Waals surface area contributed by atoms with Gasteiger partial charge in [0.25, 0.3) is 5.91 Å². The molecule has 4 aromatic rings. The van der Waals surface area contributed by atoms with Crippen LogP contribution in [0.1, 0.15) is 40.2 Å². The monoisotopic (exact) mass is 390 g/mol. The third-order valence-corrected chi connectivity index (χ3v) is 4.79. The summed E-state index contributed by atoms with van der Waals surface area (Å²) in [5.74, 6) is -0.515. The van der Waals surface area contributed by atoms with Crippen molar-refractivity contribution < 1.29 is 13.7 Å². The first-order chi connectivity index (χ1) is 14.1. The molecule has 1 amide bonds. The van der Waals surface area contributed by atoms with Crippen molar-refractivity contribution in [3.05, 3.63) is 95.3 Å². The number of benzene rings is 2. The minimum Gasteiger partial charge on any atom is -0.351 e. The zero-order valence-electron chi connectivity index (χ0n) is 15.7. The van der Waals surface area contributed by atoms with E-state index >= 15 is 0 Å². The van der Waals surface area contributed by atoms with Crippen LogP contribution in [0.25, 0.3) is 11.3 Å². The number of amides is 1. The molecule has 6 nitrogen and oxygen atoms in total. The van der Waals surface area contributed by atoms with Crippen LogP contribution in [0, 0.1) is 5.82 Å². The van der Waals surface area contributed by atoms with Gasteiger partial charge in [-0.1, -0.05) is 42.4 Å². The molecule has 146 valence electrons. The maximum Gasteiger partial charge on any atom is 0.290 e. The average molecular weight is 390 g/mol. The van der Waals surface area contributed by atoms with Crippen LogP contribution >= 0.6 is 0 Å². The van der Waals surface area contributed by atoms with Gasteiger partial charge >= 0.3 is 0 Å². The van der Waals surface area contributed by atoms with E-state index in [1.807, 2.05) is 37.3 Å². The van der Waals surface area contributed by atoms with Crippen LogP contribution in [-0.4, -0.2) is 21.3 Å². The second kappa shape index (κ2) is 8.10. The van der Waals surface area contributed by atoms with E-state index in [0.29, 0.717) is 5.69 Å². The van der Waals surface area contributed by atoms with Gasteiger partial charge in [-0.25, -0.2) is 4.39 Å². The molecule has 2 heterocycles. The van der Waals surface area contributed by atoms with Crippen LogP contribution in [0.15, 0.2) is 71.4 Å². The average Bonchev–Trinajstić information content (AvgIpc) is 3.43.